The Hall–Kier alpha value is -1.46. The van der Waals surface area contributed by atoms with Crippen LogP contribution in [0.4, 0.5) is 0 Å². The van der Waals surface area contributed by atoms with Crippen LogP contribution in [0.2, 0.25) is 5.02 Å². The first kappa shape index (κ1) is 18.3. The molecule has 5 nitrogen and oxygen atoms in total. The SMILES string of the molecule is O=C(Cc1cc(Cl)c2c(c1)OCCCO2)NCCCN1CCCCC1. The second-order valence-corrected chi connectivity index (χ2v) is 7.15. The Morgan fingerprint density at radius 1 is 1.12 bits per heavy atom. The van der Waals surface area contributed by atoms with Gasteiger partial charge in [-0.25, -0.2) is 0 Å². The summed E-state index contributed by atoms with van der Waals surface area (Å²) in [5, 5.41) is 3.51. The number of carbonyl (C=O) groups is 1. The van der Waals surface area contributed by atoms with E-state index in [1.165, 1.54) is 32.4 Å². The molecule has 0 unspecified atom stereocenters. The Labute approximate surface area is 154 Å². The van der Waals surface area contributed by atoms with Crippen LogP contribution in [-0.2, 0) is 11.2 Å². The molecule has 2 aliphatic rings. The maximum Gasteiger partial charge on any atom is 0.224 e. The third-order valence-electron chi connectivity index (χ3n) is 4.65. The molecule has 1 aromatic rings. The third kappa shape index (κ3) is 5.51. The quantitative estimate of drug-likeness (QED) is 0.786. The van der Waals surface area contributed by atoms with E-state index in [0.29, 0.717) is 42.7 Å². The summed E-state index contributed by atoms with van der Waals surface area (Å²) >= 11 is 6.27. The van der Waals surface area contributed by atoms with Gasteiger partial charge in [0.25, 0.3) is 0 Å². The van der Waals surface area contributed by atoms with Crippen LogP contribution in [-0.4, -0.2) is 50.2 Å². The lowest BCUT2D eigenvalue weighted by atomic mass is 10.1. The predicted molar refractivity (Wildman–Crippen MR) is 98.7 cm³/mol. The molecular weight excluding hydrogens is 340 g/mol. The summed E-state index contributed by atoms with van der Waals surface area (Å²) in [5.41, 5.74) is 0.850. The molecule has 0 saturated carbocycles. The Morgan fingerprint density at radius 3 is 2.76 bits per heavy atom. The predicted octanol–water partition coefficient (Wildman–Crippen LogP) is 3.04. The number of nitrogens with zero attached hydrogens (tertiary/aromatic N) is 1. The number of benzene rings is 1. The van der Waals surface area contributed by atoms with Gasteiger partial charge >= 0.3 is 0 Å². The highest BCUT2D eigenvalue weighted by molar-refractivity contribution is 6.32. The average Bonchev–Trinajstić information content (AvgIpc) is 2.85. The van der Waals surface area contributed by atoms with Crippen LogP contribution in [0, 0.1) is 0 Å². The zero-order valence-corrected chi connectivity index (χ0v) is 15.4. The molecule has 2 aliphatic heterocycles. The van der Waals surface area contributed by atoms with E-state index in [9.17, 15) is 4.79 Å². The zero-order chi connectivity index (χ0) is 17.5. The van der Waals surface area contributed by atoms with Gasteiger partial charge in [-0.15, -0.1) is 0 Å². The highest BCUT2D eigenvalue weighted by Gasteiger charge is 2.17. The van der Waals surface area contributed by atoms with Crippen molar-refractivity contribution in [3.8, 4) is 11.5 Å². The molecule has 138 valence electrons. The van der Waals surface area contributed by atoms with Gasteiger partial charge in [-0.3, -0.25) is 4.79 Å². The highest BCUT2D eigenvalue weighted by atomic mass is 35.5. The summed E-state index contributed by atoms with van der Waals surface area (Å²) in [6.07, 6.45) is 6.09. The number of likely N-dealkylation sites (tertiary alicyclic amines) is 1. The number of nitrogens with one attached hydrogen (secondary N) is 1. The van der Waals surface area contributed by atoms with Crippen molar-refractivity contribution in [3.05, 3.63) is 22.7 Å². The minimum Gasteiger partial charge on any atom is -0.489 e. The molecule has 0 atom stereocenters. The topological polar surface area (TPSA) is 50.8 Å². The number of hydrogen-bond donors (Lipinski definition) is 1. The fourth-order valence-electron chi connectivity index (χ4n) is 3.35. The van der Waals surface area contributed by atoms with Crippen molar-refractivity contribution in [1.29, 1.82) is 0 Å². The largest absolute Gasteiger partial charge is 0.489 e. The third-order valence-corrected chi connectivity index (χ3v) is 4.93. The molecule has 1 fully saturated rings. The molecular formula is C19H27ClN2O3. The Kier molecular flexibility index (Phi) is 6.82. The standard InChI is InChI=1S/C19H27ClN2O3/c20-16-12-15(13-17-19(16)25-11-5-10-24-17)14-18(23)21-6-4-9-22-7-2-1-3-8-22/h12-13H,1-11,14H2,(H,21,23). The van der Waals surface area contributed by atoms with E-state index in [-0.39, 0.29) is 5.91 Å². The van der Waals surface area contributed by atoms with Crippen molar-refractivity contribution in [1.82, 2.24) is 10.2 Å². The van der Waals surface area contributed by atoms with Crippen molar-refractivity contribution in [2.75, 3.05) is 39.4 Å². The molecule has 0 aromatic heterocycles. The number of carbonyl (C=O) groups excluding carboxylic acids is 1. The monoisotopic (exact) mass is 366 g/mol. The van der Waals surface area contributed by atoms with Gasteiger partial charge in [0.1, 0.15) is 0 Å². The fraction of sp³-hybridized carbons (Fsp3) is 0.632. The van der Waals surface area contributed by atoms with E-state index in [1.807, 2.05) is 6.07 Å². The van der Waals surface area contributed by atoms with E-state index >= 15 is 0 Å². The van der Waals surface area contributed by atoms with Gasteiger partial charge in [0, 0.05) is 13.0 Å². The van der Waals surface area contributed by atoms with Crippen LogP contribution in [0.15, 0.2) is 12.1 Å². The molecule has 1 saturated heterocycles. The number of rotatable bonds is 6. The summed E-state index contributed by atoms with van der Waals surface area (Å²) in [6.45, 7) is 5.39. The van der Waals surface area contributed by atoms with E-state index in [4.69, 9.17) is 21.1 Å². The lowest BCUT2D eigenvalue weighted by molar-refractivity contribution is -0.120. The highest BCUT2D eigenvalue weighted by Crippen LogP contribution is 2.38. The van der Waals surface area contributed by atoms with Crippen LogP contribution in [0.1, 0.15) is 37.7 Å². The van der Waals surface area contributed by atoms with E-state index < -0.39 is 0 Å². The van der Waals surface area contributed by atoms with E-state index in [0.717, 1.165) is 24.9 Å². The second-order valence-electron chi connectivity index (χ2n) is 6.74. The number of halogens is 1. The van der Waals surface area contributed by atoms with Crippen molar-refractivity contribution in [2.24, 2.45) is 0 Å². The first-order valence-corrected chi connectivity index (χ1v) is 9.67. The Morgan fingerprint density at radius 2 is 1.92 bits per heavy atom. The minimum atomic E-state index is 0.0178. The molecule has 1 amide bonds. The van der Waals surface area contributed by atoms with Crippen LogP contribution in [0.5, 0.6) is 11.5 Å². The first-order valence-electron chi connectivity index (χ1n) is 9.29. The molecule has 6 heteroatoms. The van der Waals surface area contributed by atoms with Crippen LogP contribution in [0.3, 0.4) is 0 Å². The van der Waals surface area contributed by atoms with Gasteiger partial charge in [0.05, 0.1) is 24.7 Å². The van der Waals surface area contributed by atoms with E-state index in [2.05, 4.69) is 10.2 Å². The number of ether oxygens (including phenoxy) is 2. The number of piperidine rings is 1. The summed E-state index contributed by atoms with van der Waals surface area (Å²) in [7, 11) is 0. The summed E-state index contributed by atoms with van der Waals surface area (Å²) in [5.74, 6) is 1.24. The van der Waals surface area contributed by atoms with E-state index in [1.54, 1.807) is 6.07 Å². The number of amides is 1. The molecule has 0 spiro atoms. The maximum atomic E-state index is 12.2. The zero-order valence-electron chi connectivity index (χ0n) is 14.7. The summed E-state index contributed by atoms with van der Waals surface area (Å²) < 4.78 is 11.3. The molecule has 0 aliphatic carbocycles. The average molecular weight is 367 g/mol. The molecule has 1 aromatic carbocycles. The molecule has 25 heavy (non-hydrogen) atoms. The van der Waals surface area contributed by atoms with Crippen molar-refractivity contribution >= 4 is 17.5 Å². The van der Waals surface area contributed by atoms with Gasteiger partial charge in [-0.2, -0.15) is 0 Å². The Balaban J connectivity index is 1.44. The fourth-order valence-corrected chi connectivity index (χ4v) is 3.64. The number of hydrogen-bond acceptors (Lipinski definition) is 4. The lowest BCUT2D eigenvalue weighted by Crippen LogP contribution is -2.33. The number of fused-ring (bicyclic) bond motifs is 1. The molecule has 1 N–H and O–H groups in total. The summed E-state index contributed by atoms with van der Waals surface area (Å²) in [4.78, 5) is 14.7. The Bertz CT molecular complexity index is 588. The van der Waals surface area contributed by atoms with Gasteiger partial charge < -0.3 is 19.7 Å². The van der Waals surface area contributed by atoms with Gasteiger partial charge in [0.2, 0.25) is 5.91 Å². The van der Waals surface area contributed by atoms with Crippen molar-refractivity contribution in [2.45, 2.75) is 38.5 Å². The molecule has 0 bridgehead atoms. The normalized spacial score (nSPS) is 17.8. The van der Waals surface area contributed by atoms with Gasteiger partial charge in [-0.05, 0) is 56.6 Å². The molecule has 0 radical (unpaired) electrons. The smallest absolute Gasteiger partial charge is 0.224 e. The lowest BCUT2D eigenvalue weighted by Gasteiger charge is -2.26. The van der Waals surface area contributed by atoms with Gasteiger partial charge in [-0.1, -0.05) is 18.0 Å². The van der Waals surface area contributed by atoms with Crippen molar-refractivity contribution < 1.29 is 14.3 Å². The minimum absolute atomic E-state index is 0.0178. The van der Waals surface area contributed by atoms with Crippen LogP contribution >= 0.6 is 11.6 Å². The van der Waals surface area contributed by atoms with Crippen LogP contribution < -0.4 is 14.8 Å². The molecule has 2 heterocycles. The summed E-state index contributed by atoms with van der Waals surface area (Å²) in [6, 6.07) is 3.65. The van der Waals surface area contributed by atoms with Crippen LogP contribution in [0.25, 0.3) is 0 Å². The maximum absolute atomic E-state index is 12.2. The first-order chi connectivity index (χ1) is 12.2. The van der Waals surface area contributed by atoms with Gasteiger partial charge in [0.15, 0.2) is 11.5 Å². The molecule has 3 rings (SSSR count). The second kappa shape index (κ2) is 9.30. The van der Waals surface area contributed by atoms with Crippen molar-refractivity contribution in [3.63, 3.8) is 0 Å².